The Morgan fingerprint density at radius 3 is 2.61 bits per heavy atom. The van der Waals surface area contributed by atoms with Gasteiger partial charge in [-0.2, -0.15) is 4.98 Å². The lowest BCUT2D eigenvalue weighted by atomic mass is 10.2. The molecule has 8 nitrogen and oxygen atoms in total. The number of carbonyl (C=O) groups excluding carboxylic acids is 1. The summed E-state index contributed by atoms with van der Waals surface area (Å²) in [4.78, 5) is 20.8. The van der Waals surface area contributed by atoms with Crippen molar-refractivity contribution in [3.63, 3.8) is 0 Å². The van der Waals surface area contributed by atoms with Gasteiger partial charge in [0.2, 0.25) is 6.35 Å². The van der Waals surface area contributed by atoms with Gasteiger partial charge >= 0.3 is 6.01 Å². The highest BCUT2D eigenvalue weighted by atomic mass is 35.5. The Kier molecular flexibility index (Phi) is 6.83. The van der Waals surface area contributed by atoms with E-state index in [1.54, 1.807) is 27.7 Å². The first-order chi connectivity index (χ1) is 15.9. The number of hydrogen-bond acceptors (Lipinski definition) is 6. The molecule has 1 atom stereocenters. The Bertz CT molecular complexity index is 1140. The molecule has 2 N–H and O–H groups in total. The number of amides is 1. The zero-order chi connectivity index (χ0) is 23.5. The fourth-order valence-corrected chi connectivity index (χ4v) is 3.88. The molecule has 4 rings (SSSR count). The summed E-state index contributed by atoms with van der Waals surface area (Å²) in [6, 6.07) is 12.8. The number of nitrogens with zero attached hydrogens (tertiary/aromatic N) is 4. The van der Waals surface area contributed by atoms with Crippen LogP contribution in [0, 0.1) is 5.82 Å². The summed E-state index contributed by atoms with van der Waals surface area (Å²) in [5, 5.41) is 20.6. The van der Waals surface area contributed by atoms with Crippen LogP contribution in [0.1, 0.15) is 29.4 Å². The van der Waals surface area contributed by atoms with E-state index in [2.05, 4.69) is 4.98 Å². The normalized spacial score (nSPS) is 15.7. The highest BCUT2D eigenvalue weighted by Crippen LogP contribution is 2.35. The number of anilines is 1. The lowest BCUT2D eigenvalue weighted by molar-refractivity contribution is -0.00105. The van der Waals surface area contributed by atoms with E-state index < -0.39 is 18.1 Å². The molecule has 0 radical (unpaired) electrons. The van der Waals surface area contributed by atoms with Gasteiger partial charge in [0.1, 0.15) is 11.6 Å². The maximum absolute atomic E-state index is 13.7. The third-order valence-corrected chi connectivity index (χ3v) is 5.62. The summed E-state index contributed by atoms with van der Waals surface area (Å²) in [5.74, 6) is -0.408. The number of rotatable bonds is 8. The molecule has 0 fully saturated rings. The van der Waals surface area contributed by atoms with Crippen LogP contribution in [0.25, 0.3) is 0 Å². The number of halogens is 2. The molecule has 1 aliphatic rings. The van der Waals surface area contributed by atoms with Crippen molar-refractivity contribution in [2.75, 3.05) is 24.6 Å². The van der Waals surface area contributed by atoms with Crippen LogP contribution >= 0.6 is 11.6 Å². The zero-order valence-electron chi connectivity index (χ0n) is 18.0. The monoisotopic (exact) mass is 474 g/mol. The van der Waals surface area contributed by atoms with Crippen molar-refractivity contribution in [1.82, 2.24) is 14.5 Å². The lowest BCUT2D eigenvalue weighted by Crippen LogP contribution is -2.56. The van der Waals surface area contributed by atoms with Crippen molar-refractivity contribution in [3.8, 4) is 11.8 Å². The van der Waals surface area contributed by atoms with E-state index in [9.17, 15) is 19.4 Å². The number of benzene rings is 2. The van der Waals surface area contributed by atoms with Gasteiger partial charge in [0.15, 0.2) is 11.5 Å². The van der Waals surface area contributed by atoms with E-state index in [0.717, 1.165) is 5.56 Å². The topological polar surface area (TPSA) is 91.1 Å². The van der Waals surface area contributed by atoms with Gasteiger partial charge < -0.3 is 19.8 Å². The van der Waals surface area contributed by atoms with Crippen LogP contribution in [-0.4, -0.2) is 56.6 Å². The molecule has 0 bridgehead atoms. The average Bonchev–Trinajstić information content (AvgIpc) is 3.13. The molecule has 0 spiro atoms. The SMILES string of the molecule is CCN1c2nc(Oc3cccc(F)c3)n(Cc3ccc(Cl)cc3)c2C(=O)N(CCCO)C1O. The molecule has 1 amide bonds. The van der Waals surface area contributed by atoms with Gasteiger partial charge in [-0.05, 0) is 43.2 Å². The highest BCUT2D eigenvalue weighted by Gasteiger charge is 2.41. The summed E-state index contributed by atoms with van der Waals surface area (Å²) >= 11 is 6.01. The van der Waals surface area contributed by atoms with Crippen molar-refractivity contribution in [2.45, 2.75) is 26.2 Å². The largest absolute Gasteiger partial charge is 0.425 e. The quantitative estimate of drug-likeness (QED) is 0.519. The second-order valence-electron chi connectivity index (χ2n) is 7.55. The lowest BCUT2D eigenvalue weighted by Gasteiger charge is -2.40. The number of imidazole rings is 1. The van der Waals surface area contributed by atoms with Crippen LogP contribution < -0.4 is 9.64 Å². The fraction of sp³-hybridized carbons (Fsp3) is 0.304. The molecule has 1 aliphatic heterocycles. The maximum atomic E-state index is 13.7. The summed E-state index contributed by atoms with van der Waals surface area (Å²) in [6.07, 6.45) is -0.921. The molecule has 33 heavy (non-hydrogen) atoms. The van der Waals surface area contributed by atoms with Crippen LogP contribution in [-0.2, 0) is 6.54 Å². The van der Waals surface area contributed by atoms with Crippen molar-refractivity contribution < 1.29 is 24.1 Å². The van der Waals surface area contributed by atoms with E-state index >= 15 is 0 Å². The molecular weight excluding hydrogens is 451 g/mol. The summed E-state index contributed by atoms with van der Waals surface area (Å²) in [5.41, 5.74) is 1.08. The summed E-state index contributed by atoms with van der Waals surface area (Å²) in [6.45, 7) is 2.48. The fourth-order valence-electron chi connectivity index (χ4n) is 3.75. The third-order valence-electron chi connectivity index (χ3n) is 5.36. The zero-order valence-corrected chi connectivity index (χ0v) is 18.7. The van der Waals surface area contributed by atoms with Crippen LogP contribution in [0.3, 0.4) is 0 Å². The molecule has 0 saturated heterocycles. The van der Waals surface area contributed by atoms with E-state index in [1.807, 2.05) is 19.1 Å². The van der Waals surface area contributed by atoms with Gasteiger partial charge in [-0.25, -0.2) is 4.39 Å². The smallest absolute Gasteiger partial charge is 0.304 e. The molecule has 174 valence electrons. The molecule has 0 aliphatic carbocycles. The van der Waals surface area contributed by atoms with Gasteiger partial charge in [0.25, 0.3) is 5.91 Å². The Morgan fingerprint density at radius 2 is 1.94 bits per heavy atom. The minimum absolute atomic E-state index is 0.0866. The number of aliphatic hydroxyl groups excluding tert-OH is 2. The Hall–Kier alpha value is -3.14. The second kappa shape index (κ2) is 9.78. The van der Waals surface area contributed by atoms with Crippen molar-refractivity contribution in [3.05, 3.63) is 70.6 Å². The number of hydrogen-bond donors (Lipinski definition) is 2. The van der Waals surface area contributed by atoms with Gasteiger partial charge in [0, 0.05) is 30.8 Å². The summed E-state index contributed by atoms with van der Waals surface area (Å²) < 4.78 is 21.2. The third kappa shape index (κ3) is 4.66. The van der Waals surface area contributed by atoms with E-state index in [4.69, 9.17) is 16.3 Å². The predicted molar refractivity (Wildman–Crippen MR) is 121 cm³/mol. The molecule has 3 aromatic rings. The first-order valence-corrected chi connectivity index (χ1v) is 11.0. The minimum Gasteiger partial charge on any atom is -0.425 e. The van der Waals surface area contributed by atoms with Crippen LogP contribution in [0.2, 0.25) is 5.02 Å². The van der Waals surface area contributed by atoms with Crippen LogP contribution in [0.15, 0.2) is 48.5 Å². The maximum Gasteiger partial charge on any atom is 0.304 e. The van der Waals surface area contributed by atoms with Crippen LogP contribution in [0.5, 0.6) is 11.8 Å². The molecule has 1 unspecified atom stereocenters. The molecule has 2 aromatic carbocycles. The Balaban J connectivity index is 1.82. The van der Waals surface area contributed by atoms with Gasteiger partial charge in [0.05, 0.1) is 6.54 Å². The standard InChI is InChI=1S/C23H24ClFN4O4/c1-2-27-20-19(21(31)28(23(27)32)11-4-12-30)29(14-15-7-9-16(24)10-8-15)22(26-20)33-18-6-3-5-17(25)13-18/h3,5-10,13,23,30,32H,2,4,11-12,14H2,1H3. The number of ether oxygens (including phenoxy) is 1. The highest BCUT2D eigenvalue weighted by molar-refractivity contribution is 6.30. The first kappa shape index (κ1) is 23.0. The summed E-state index contributed by atoms with van der Waals surface area (Å²) in [7, 11) is 0. The second-order valence-corrected chi connectivity index (χ2v) is 7.98. The van der Waals surface area contributed by atoms with E-state index in [-0.39, 0.29) is 43.0 Å². The number of carbonyl (C=O) groups is 1. The van der Waals surface area contributed by atoms with Gasteiger partial charge in [-0.15, -0.1) is 0 Å². The molecule has 0 saturated carbocycles. The molecule has 10 heteroatoms. The van der Waals surface area contributed by atoms with Crippen molar-refractivity contribution >= 4 is 23.3 Å². The van der Waals surface area contributed by atoms with Crippen LogP contribution in [0.4, 0.5) is 10.2 Å². The predicted octanol–water partition coefficient (Wildman–Crippen LogP) is 3.46. The molecule has 1 aromatic heterocycles. The number of aliphatic hydroxyl groups is 2. The number of fused-ring (bicyclic) bond motifs is 1. The van der Waals surface area contributed by atoms with Gasteiger partial charge in [-0.3, -0.25) is 14.3 Å². The van der Waals surface area contributed by atoms with Gasteiger partial charge in [-0.1, -0.05) is 29.8 Å². The van der Waals surface area contributed by atoms with Crippen molar-refractivity contribution in [2.24, 2.45) is 0 Å². The van der Waals surface area contributed by atoms with Crippen molar-refractivity contribution in [1.29, 1.82) is 0 Å². The van der Waals surface area contributed by atoms with E-state index in [1.165, 1.54) is 23.1 Å². The van der Waals surface area contributed by atoms with E-state index in [0.29, 0.717) is 18.0 Å². The first-order valence-electron chi connectivity index (χ1n) is 10.6. The molecule has 2 heterocycles. The molecular formula is C23H24ClFN4O4. The average molecular weight is 475 g/mol. The number of aromatic nitrogens is 2. The Morgan fingerprint density at radius 1 is 1.18 bits per heavy atom. The minimum atomic E-state index is -1.23. The Labute approximate surface area is 195 Å².